The first-order valence-electron chi connectivity index (χ1n) is 9.02. The Kier molecular flexibility index (Phi) is 4.02. The summed E-state index contributed by atoms with van der Waals surface area (Å²) in [4.78, 5) is 17.5. The summed E-state index contributed by atoms with van der Waals surface area (Å²) < 4.78 is 16.2. The summed E-state index contributed by atoms with van der Waals surface area (Å²) in [6.07, 6.45) is 3.77. The number of aromatic nitrogens is 3. The SMILES string of the molecule is O=C1C[C@H](c2cccc(Cl)c2)C=C2Nc3ncnn3[C@H](c3ccccc3F)[C@@H]12. The lowest BCUT2D eigenvalue weighted by Crippen LogP contribution is -2.40. The Morgan fingerprint density at radius 2 is 2.04 bits per heavy atom. The number of fused-ring (bicyclic) bond motifs is 2. The molecule has 0 unspecified atom stereocenters. The van der Waals surface area contributed by atoms with Gasteiger partial charge in [-0.05, 0) is 23.8 Å². The Morgan fingerprint density at radius 1 is 1.18 bits per heavy atom. The lowest BCUT2D eigenvalue weighted by atomic mass is 9.75. The van der Waals surface area contributed by atoms with Crippen molar-refractivity contribution >= 4 is 23.3 Å². The number of allylic oxidation sites excluding steroid dienone is 2. The maximum atomic E-state index is 14.6. The van der Waals surface area contributed by atoms with E-state index in [1.807, 2.05) is 24.3 Å². The van der Waals surface area contributed by atoms with Crippen LogP contribution in [0.25, 0.3) is 0 Å². The van der Waals surface area contributed by atoms with Crippen molar-refractivity contribution in [3.05, 3.63) is 88.6 Å². The van der Waals surface area contributed by atoms with Gasteiger partial charge in [0.2, 0.25) is 5.95 Å². The van der Waals surface area contributed by atoms with Crippen molar-refractivity contribution in [1.29, 1.82) is 0 Å². The molecule has 1 aliphatic heterocycles. The van der Waals surface area contributed by atoms with Crippen LogP contribution in [0.2, 0.25) is 5.02 Å². The Labute approximate surface area is 165 Å². The van der Waals surface area contributed by atoms with Gasteiger partial charge in [0, 0.05) is 28.6 Å². The van der Waals surface area contributed by atoms with Crippen LogP contribution in [0.15, 0.2) is 66.6 Å². The second-order valence-corrected chi connectivity index (χ2v) is 7.49. The highest BCUT2D eigenvalue weighted by Crippen LogP contribution is 2.44. The number of ketones is 1. The number of carbonyl (C=O) groups is 1. The summed E-state index contributed by atoms with van der Waals surface area (Å²) in [5.41, 5.74) is 2.14. The molecule has 0 bridgehead atoms. The maximum absolute atomic E-state index is 14.6. The molecule has 0 spiro atoms. The quantitative estimate of drug-likeness (QED) is 0.702. The number of hydrogen-bond acceptors (Lipinski definition) is 4. The Balaban J connectivity index is 1.64. The van der Waals surface area contributed by atoms with Crippen LogP contribution in [0.5, 0.6) is 0 Å². The Morgan fingerprint density at radius 3 is 2.86 bits per heavy atom. The number of benzene rings is 2. The highest BCUT2D eigenvalue weighted by atomic mass is 35.5. The average Bonchev–Trinajstić information content (AvgIpc) is 3.15. The molecule has 1 N–H and O–H groups in total. The third kappa shape index (κ3) is 2.72. The first-order chi connectivity index (χ1) is 13.6. The van der Waals surface area contributed by atoms with E-state index in [0.717, 1.165) is 11.3 Å². The van der Waals surface area contributed by atoms with Crippen LogP contribution in [0, 0.1) is 11.7 Å². The summed E-state index contributed by atoms with van der Waals surface area (Å²) in [7, 11) is 0. The molecule has 3 aromatic rings. The molecule has 5 nitrogen and oxygen atoms in total. The van der Waals surface area contributed by atoms with Crippen molar-refractivity contribution in [2.45, 2.75) is 18.4 Å². The van der Waals surface area contributed by atoms with Crippen molar-refractivity contribution in [1.82, 2.24) is 14.8 Å². The third-order valence-electron chi connectivity index (χ3n) is 5.39. The first kappa shape index (κ1) is 17.1. The van der Waals surface area contributed by atoms with Gasteiger partial charge in [0.1, 0.15) is 17.9 Å². The predicted octanol–water partition coefficient (Wildman–Crippen LogP) is 4.34. The maximum Gasteiger partial charge on any atom is 0.226 e. The van der Waals surface area contributed by atoms with E-state index in [0.29, 0.717) is 23.0 Å². The van der Waals surface area contributed by atoms with Gasteiger partial charge in [-0.25, -0.2) is 9.07 Å². The predicted molar refractivity (Wildman–Crippen MR) is 104 cm³/mol. The summed E-state index contributed by atoms with van der Waals surface area (Å²) in [6.45, 7) is 0. The van der Waals surface area contributed by atoms with Crippen LogP contribution in [0.4, 0.5) is 10.3 Å². The van der Waals surface area contributed by atoms with E-state index in [1.54, 1.807) is 28.9 Å². The molecule has 3 atom stereocenters. The molecule has 1 aromatic heterocycles. The molecule has 28 heavy (non-hydrogen) atoms. The minimum absolute atomic E-state index is 0.0318. The molecule has 0 saturated heterocycles. The van der Waals surface area contributed by atoms with Gasteiger partial charge in [-0.2, -0.15) is 10.1 Å². The largest absolute Gasteiger partial charge is 0.328 e. The van der Waals surface area contributed by atoms with E-state index < -0.39 is 12.0 Å². The van der Waals surface area contributed by atoms with Gasteiger partial charge in [-0.3, -0.25) is 4.79 Å². The van der Waals surface area contributed by atoms with Gasteiger partial charge < -0.3 is 5.32 Å². The van der Waals surface area contributed by atoms with Crippen LogP contribution in [-0.4, -0.2) is 20.5 Å². The highest BCUT2D eigenvalue weighted by molar-refractivity contribution is 6.30. The zero-order chi connectivity index (χ0) is 19.3. The molecule has 0 saturated carbocycles. The number of Topliss-reactive ketones (excluding diaryl/α,β-unsaturated/α-hetero) is 1. The van der Waals surface area contributed by atoms with Crippen LogP contribution < -0.4 is 5.32 Å². The summed E-state index contributed by atoms with van der Waals surface area (Å²) in [5.74, 6) is -0.470. The minimum atomic E-state index is -0.570. The van der Waals surface area contributed by atoms with Crippen LogP contribution >= 0.6 is 11.6 Å². The third-order valence-corrected chi connectivity index (χ3v) is 5.63. The van der Waals surface area contributed by atoms with Crippen LogP contribution in [0.3, 0.4) is 0 Å². The highest BCUT2D eigenvalue weighted by Gasteiger charge is 2.43. The fourth-order valence-corrected chi connectivity index (χ4v) is 4.35. The van der Waals surface area contributed by atoms with Crippen molar-refractivity contribution in [3.63, 3.8) is 0 Å². The summed E-state index contributed by atoms with van der Waals surface area (Å²) in [6, 6.07) is 13.4. The van der Waals surface area contributed by atoms with Gasteiger partial charge in [0.05, 0.1) is 12.0 Å². The number of halogens is 2. The first-order valence-corrected chi connectivity index (χ1v) is 9.40. The van der Waals surface area contributed by atoms with Gasteiger partial charge in [-0.1, -0.05) is 48.0 Å². The number of anilines is 1. The van der Waals surface area contributed by atoms with Crippen molar-refractivity contribution in [2.24, 2.45) is 5.92 Å². The monoisotopic (exact) mass is 394 g/mol. The van der Waals surface area contributed by atoms with E-state index in [-0.39, 0.29) is 17.5 Å². The smallest absolute Gasteiger partial charge is 0.226 e. The second kappa shape index (κ2) is 6.56. The molecule has 2 aliphatic rings. The molecule has 0 amide bonds. The topological polar surface area (TPSA) is 59.8 Å². The number of carbonyl (C=O) groups excluding carboxylic acids is 1. The fraction of sp³-hybridized carbons (Fsp3) is 0.190. The van der Waals surface area contributed by atoms with Crippen LogP contribution in [0.1, 0.15) is 29.5 Å². The van der Waals surface area contributed by atoms with E-state index in [2.05, 4.69) is 15.4 Å². The Hall–Kier alpha value is -2.99. The van der Waals surface area contributed by atoms with E-state index >= 15 is 0 Å². The molecular weight excluding hydrogens is 379 g/mol. The van der Waals surface area contributed by atoms with Crippen molar-refractivity contribution in [2.75, 3.05) is 5.32 Å². The number of nitrogens with zero attached hydrogens (tertiary/aromatic N) is 3. The standard InChI is InChI=1S/C21H16ClFN4O/c22-14-5-3-4-12(8-14)13-9-17-19(18(28)10-13)20(15-6-1-2-7-16(15)23)27-21(26-17)24-11-25-27/h1-9,11,13,19-20H,10H2,(H,24,25,26)/t13-,19-,20-/m1/s1. The zero-order valence-electron chi connectivity index (χ0n) is 14.7. The molecule has 5 rings (SSSR count). The minimum Gasteiger partial charge on any atom is -0.328 e. The Bertz CT molecular complexity index is 1110. The van der Waals surface area contributed by atoms with E-state index in [1.165, 1.54) is 12.4 Å². The molecule has 140 valence electrons. The average molecular weight is 395 g/mol. The summed E-state index contributed by atoms with van der Waals surface area (Å²) in [5, 5.41) is 8.10. The lowest BCUT2D eigenvalue weighted by Gasteiger charge is -2.38. The molecule has 0 fully saturated rings. The molecule has 2 heterocycles. The van der Waals surface area contributed by atoms with Gasteiger partial charge in [0.15, 0.2) is 0 Å². The normalized spacial score (nSPS) is 23.4. The van der Waals surface area contributed by atoms with Crippen LogP contribution in [-0.2, 0) is 4.79 Å². The molecule has 7 heteroatoms. The molecule has 1 aliphatic carbocycles. The van der Waals surface area contributed by atoms with Gasteiger partial charge >= 0.3 is 0 Å². The number of hydrogen-bond donors (Lipinski definition) is 1. The zero-order valence-corrected chi connectivity index (χ0v) is 15.5. The van der Waals surface area contributed by atoms with E-state index in [4.69, 9.17) is 11.6 Å². The van der Waals surface area contributed by atoms with Gasteiger partial charge in [-0.15, -0.1) is 0 Å². The number of rotatable bonds is 2. The second-order valence-electron chi connectivity index (χ2n) is 7.05. The van der Waals surface area contributed by atoms with E-state index in [9.17, 15) is 9.18 Å². The fourth-order valence-electron chi connectivity index (χ4n) is 4.15. The lowest BCUT2D eigenvalue weighted by molar-refractivity contribution is -0.123. The van der Waals surface area contributed by atoms with Crippen molar-refractivity contribution < 1.29 is 9.18 Å². The molecule has 2 aromatic carbocycles. The number of nitrogens with one attached hydrogen (secondary N) is 1. The van der Waals surface area contributed by atoms with Gasteiger partial charge in [0.25, 0.3) is 0 Å². The molecule has 0 radical (unpaired) electrons. The molecular formula is C21H16ClFN4O. The van der Waals surface area contributed by atoms with Crippen molar-refractivity contribution in [3.8, 4) is 0 Å². The summed E-state index contributed by atoms with van der Waals surface area (Å²) >= 11 is 6.13.